The van der Waals surface area contributed by atoms with Crippen molar-refractivity contribution in [2.75, 3.05) is 6.54 Å². The first-order valence-corrected chi connectivity index (χ1v) is 10.5. The van der Waals surface area contributed by atoms with Crippen LogP contribution in [0.5, 0.6) is 0 Å². The Bertz CT molecular complexity index is 925. The second-order valence-corrected chi connectivity index (χ2v) is 6.96. The number of pyridine rings is 1. The van der Waals surface area contributed by atoms with Gasteiger partial charge in [0.25, 0.3) is 0 Å². The molecule has 3 heterocycles. The van der Waals surface area contributed by atoms with Crippen molar-refractivity contribution in [2.24, 2.45) is 5.92 Å². The van der Waals surface area contributed by atoms with E-state index in [4.69, 9.17) is 0 Å². The van der Waals surface area contributed by atoms with E-state index in [0.717, 1.165) is 49.4 Å². The summed E-state index contributed by atoms with van der Waals surface area (Å²) in [6.07, 6.45) is 17.5. The summed E-state index contributed by atoms with van der Waals surface area (Å²) in [5, 5.41) is 0. The summed E-state index contributed by atoms with van der Waals surface area (Å²) >= 11 is 0. The van der Waals surface area contributed by atoms with Gasteiger partial charge in [-0.05, 0) is 49.2 Å². The van der Waals surface area contributed by atoms with Crippen LogP contribution in [0.2, 0.25) is 0 Å². The third kappa shape index (κ3) is 8.56. The van der Waals surface area contributed by atoms with Gasteiger partial charge in [0.05, 0.1) is 5.69 Å². The Labute approximate surface area is 192 Å². The third-order valence-corrected chi connectivity index (χ3v) is 4.71. The van der Waals surface area contributed by atoms with Crippen LogP contribution in [0.4, 0.5) is 0 Å². The van der Waals surface area contributed by atoms with Gasteiger partial charge in [0.1, 0.15) is 5.82 Å². The number of nitrogens with zero attached hydrogens (tertiary/aromatic N) is 3. The van der Waals surface area contributed by atoms with Crippen LogP contribution in [0.15, 0.2) is 88.4 Å². The van der Waals surface area contributed by atoms with E-state index in [-0.39, 0.29) is 11.8 Å². The van der Waals surface area contributed by atoms with Crippen LogP contribution in [0.25, 0.3) is 12.2 Å². The van der Waals surface area contributed by atoms with Crippen molar-refractivity contribution < 1.29 is 4.79 Å². The molecule has 32 heavy (non-hydrogen) atoms. The first-order valence-electron chi connectivity index (χ1n) is 10.5. The van der Waals surface area contributed by atoms with E-state index < -0.39 is 0 Å². The lowest BCUT2D eigenvalue weighted by atomic mass is 10.0. The smallest absolute Gasteiger partial charge is 0.229 e. The highest BCUT2D eigenvalue weighted by molar-refractivity contribution is 5.81. The number of hydrogen-bond acceptors (Lipinski definition) is 3. The Kier molecular flexibility index (Phi) is 12.4. The van der Waals surface area contributed by atoms with Gasteiger partial charge in [0, 0.05) is 37.0 Å². The van der Waals surface area contributed by atoms with E-state index in [2.05, 4.69) is 54.4 Å². The number of carbonyl (C=O) groups is 1. The number of imidazole rings is 1. The molecule has 1 atom stereocenters. The van der Waals surface area contributed by atoms with E-state index in [1.807, 2.05) is 24.3 Å². The largest absolute Gasteiger partial charge is 0.342 e. The van der Waals surface area contributed by atoms with Gasteiger partial charge in [-0.15, -0.1) is 19.7 Å². The summed E-state index contributed by atoms with van der Waals surface area (Å²) in [5.41, 5.74) is 3.20. The molecular weight excluding hydrogens is 396 g/mol. The lowest BCUT2D eigenvalue weighted by Gasteiger charge is -2.08. The standard InChI is InChI=1S/C10H11N.C9H13NO.C8H10N2/c1-3-6-9-7-5-8-11-10(9)4-2;1-3-5-8-6-7-10(4-2)9(8)11;1-3-5-7-6-9-8(4-2)10-7/h3-5,7-8H,1-2,6H2;3-4,8H,1-2,5-7H2;3-4,6H,1-2,5H2,(H,9,10). The summed E-state index contributed by atoms with van der Waals surface area (Å²) in [7, 11) is 0. The number of carbonyl (C=O) groups excluding carboxylic acids is 1. The van der Waals surface area contributed by atoms with E-state index >= 15 is 0 Å². The minimum absolute atomic E-state index is 0.158. The van der Waals surface area contributed by atoms with Gasteiger partial charge < -0.3 is 9.88 Å². The molecule has 168 valence electrons. The van der Waals surface area contributed by atoms with Crippen LogP contribution in [0.1, 0.15) is 35.6 Å². The fourth-order valence-electron chi connectivity index (χ4n) is 3.07. The third-order valence-electron chi connectivity index (χ3n) is 4.71. The molecule has 0 radical (unpaired) electrons. The molecule has 1 unspecified atom stereocenters. The highest BCUT2D eigenvalue weighted by atomic mass is 16.2. The predicted octanol–water partition coefficient (Wildman–Crippen LogP) is 5.79. The van der Waals surface area contributed by atoms with Crippen LogP contribution in [0.3, 0.4) is 0 Å². The monoisotopic (exact) mass is 430 g/mol. The summed E-state index contributed by atoms with van der Waals surface area (Å²) in [6, 6.07) is 3.96. The molecule has 5 nitrogen and oxygen atoms in total. The molecule has 2 aromatic heterocycles. The topological polar surface area (TPSA) is 61.9 Å². The minimum Gasteiger partial charge on any atom is -0.342 e. The molecule has 2 aromatic rings. The SMILES string of the molecule is C=CCC1CCN(C=C)C1=O.C=CCc1cccnc1C=C.C=CCc1cnc(C=C)[nH]1. The molecule has 0 aliphatic carbocycles. The molecule has 1 fully saturated rings. The van der Waals surface area contributed by atoms with Crippen molar-refractivity contribution in [3.63, 3.8) is 0 Å². The molecule has 0 bridgehead atoms. The van der Waals surface area contributed by atoms with E-state index in [1.54, 1.807) is 41.7 Å². The highest BCUT2D eigenvalue weighted by Gasteiger charge is 2.28. The Morgan fingerprint density at radius 3 is 2.31 bits per heavy atom. The zero-order chi connectivity index (χ0) is 23.8. The van der Waals surface area contributed by atoms with Crippen molar-refractivity contribution in [3.8, 4) is 0 Å². The van der Waals surface area contributed by atoms with Gasteiger partial charge in [-0.3, -0.25) is 9.78 Å². The number of rotatable bonds is 9. The van der Waals surface area contributed by atoms with E-state index in [0.29, 0.717) is 0 Å². The van der Waals surface area contributed by atoms with Gasteiger partial charge in [0.15, 0.2) is 0 Å². The molecular formula is C27H34N4O. The summed E-state index contributed by atoms with van der Waals surface area (Å²) in [5.74, 6) is 1.17. The molecule has 1 saturated heterocycles. The lowest BCUT2D eigenvalue weighted by Crippen LogP contribution is -2.20. The number of hydrogen-bond donors (Lipinski definition) is 1. The van der Waals surface area contributed by atoms with Gasteiger partial charge >= 0.3 is 0 Å². The molecule has 1 N–H and O–H groups in total. The van der Waals surface area contributed by atoms with Crippen LogP contribution >= 0.6 is 0 Å². The molecule has 0 aromatic carbocycles. The average molecular weight is 431 g/mol. The summed E-state index contributed by atoms with van der Waals surface area (Å²) in [4.78, 5) is 24.3. The van der Waals surface area contributed by atoms with Gasteiger partial charge in [-0.2, -0.15) is 0 Å². The number of allylic oxidation sites excluding steroid dienone is 3. The van der Waals surface area contributed by atoms with Crippen molar-refractivity contribution in [2.45, 2.75) is 25.7 Å². The van der Waals surface area contributed by atoms with Gasteiger partial charge in [-0.1, -0.05) is 44.0 Å². The number of nitrogens with one attached hydrogen (secondary N) is 1. The molecule has 0 saturated carbocycles. The highest BCUT2D eigenvalue weighted by Crippen LogP contribution is 2.21. The van der Waals surface area contributed by atoms with Crippen LogP contribution in [-0.4, -0.2) is 32.3 Å². The summed E-state index contributed by atoms with van der Waals surface area (Å²) in [6.45, 7) is 22.5. The number of H-pyrrole nitrogens is 1. The maximum absolute atomic E-state index is 11.3. The van der Waals surface area contributed by atoms with Crippen LogP contribution < -0.4 is 0 Å². The number of likely N-dealkylation sites (tertiary alicyclic amines) is 1. The molecule has 3 rings (SSSR count). The van der Waals surface area contributed by atoms with Crippen molar-refractivity contribution in [3.05, 3.63) is 111 Å². The van der Waals surface area contributed by atoms with E-state index in [9.17, 15) is 4.79 Å². The van der Waals surface area contributed by atoms with Gasteiger partial charge in [0.2, 0.25) is 5.91 Å². The van der Waals surface area contributed by atoms with Crippen molar-refractivity contribution >= 4 is 18.1 Å². The number of aromatic amines is 1. The van der Waals surface area contributed by atoms with Crippen molar-refractivity contribution in [1.82, 2.24) is 19.9 Å². The quantitative estimate of drug-likeness (QED) is 0.512. The fourth-order valence-corrected chi connectivity index (χ4v) is 3.07. The second kappa shape index (κ2) is 15.1. The first-order chi connectivity index (χ1) is 15.5. The fraction of sp³-hybridized carbons (Fsp3) is 0.222. The van der Waals surface area contributed by atoms with E-state index in [1.165, 1.54) is 5.56 Å². The number of amides is 1. The summed E-state index contributed by atoms with van der Waals surface area (Å²) < 4.78 is 0. The zero-order valence-corrected chi connectivity index (χ0v) is 18.9. The average Bonchev–Trinajstić information content (AvgIpc) is 3.42. The molecule has 1 aliphatic rings. The Morgan fingerprint density at radius 1 is 1.03 bits per heavy atom. The zero-order valence-electron chi connectivity index (χ0n) is 18.9. The molecule has 1 amide bonds. The minimum atomic E-state index is 0.158. The predicted molar refractivity (Wildman–Crippen MR) is 136 cm³/mol. The maximum atomic E-state index is 11.3. The Balaban J connectivity index is 0.000000240. The number of aromatic nitrogens is 3. The van der Waals surface area contributed by atoms with Crippen LogP contribution in [0, 0.1) is 5.92 Å². The maximum Gasteiger partial charge on any atom is 0.229 e. The van der Waals surface area contributed by atoms with Crippen molar-refractivity contribution in [1.29, 1.82) is 0 Å². The van der Waals surface area contributed by atoms with Gasteiger partial charge in [-0.25, -0.2) is 4.98 Å². The first kappa shape index (κ1) is 26.3. The normalized spacial score (nSPS) is 14.2. The Hall–Kier alpha value is -3.73. The Morgan fingerprint density at radius 2 is 1.78 bits per heavy atom. The second-order valence-electron chi connectivity index (χ2n) is 6.96. The molecule has 5 heteroatoms. The molecule has 0 spiro atoms. The van der Waals surface area contributed by atoms with Crippen LogP contribution in [-0.2, 0) is 17.6 Å². The lowest BCUT2D eigenvalue weighted by molar-refractivity contribution is -0.128. The molecule has 1 aliphatic heterocycles.